The first-order valence-electron chi connectivity index (χ1n) is 4.92. The number of anilines is 1. The van der Waals surface area contributed by atoms with E-state index in [0.29, 0.717) is 11.5 Å². The number of carbonyl (C=O) groups is 1. The van der Waals surface area contributed by atoms with E-state index >= 15 is 0 Å². The second-order valence-electron chi connectivity index (χ2n) is 3.29. The number of hydrogen-bond donors (Lipinski definition) is 4. The van der Waals surface area contributed by atoms with Gasteiger partial charge in [-0.25, -0.2) is 15.8 Å². The number of aromatic nitrogens is 3. The van der Waals surface area contributed by atoms with Gasteiger partial charge in [0.05, 0.1) is 18.9 Å². The number of carbonyl (C=O) groups excluding carboxylic acids is 1. The van der Waals surface area contributed by atoms with Crippen LogP contribution in [-0.4, -0.2) is 20.9 Å². The Balaban J connectivity index is 1.96. The molecule has 8 nitrogen and oxygen atoms in total. The molecular weight excluding hydrogens is 256 g/mol. The van der Waals surface area contributed by atoms with Gasteiger partial charge < -0.3 is 15.7 Å². The maximum Gasteiger partial charge on any atom is 0.304 e. The van der Waals surface area contributed by atoms with E-state index in [9.17, 15) is 9.59 Å². The molecule has 0 aliphatic rings. The van der Waals surface area contributed by atoms with Crippen molar-refractivity contribution < 1.29 is 4.79 Å². The van der Waals surface area contributed by atoms with Gasteiger partial charge in [-0.1, -0.05) is 11.3 Å². The summed E-state index contributed by atoms with van der Waals surface area (Å²) in [5, 5.41) is 4.26. The number of nitrogens with two attached hydrogens (primary N) is 1. The molecule has 0 aliphatic heterocycles. The molecule has 0 saturated carbocycles. The number of aromatic amines is 1. The third kappa shape index (κ3) is 2.90. The van der Waals surface area contributed by atoms with Crippen molar-refractivity contribution >= 4 is 23.1 Å². The lowest BCUT2D eigenvalue weighted by Gasteiger charge is -2.03. The van der Waals surface area contributed by atoms with E-state index in [-0.39, 0.29) is 23.0 Å². The SMILES string of the molecule is NNc1cnc(C(=O)NCc2csc(=O)[nH]2)cn1. The molecular formula is C9H10N6O2S. The van der Waals surface area contributed by atoms with Gasteiger partial charge in [-0.15, -0.1) is 0 Å². The molecule has 0 fully saturated rings. The van der Waals surface area contributed by atoms with Gasteiger partial charge in [0, 0.05) is 11.1 Å². The number of nitrogens with zero attached hydrogens (tertiary/aromatic N) is 2. The van der Waals surface area contributed by atoms with Crippen molar-refractivity contribution in [2.75, 3.05) is 5.43 Å². The van der Waals surface area contributed by atoms with Gasteiger partial charge in [0.15, 0.2) is 5.82 Å². The lowest BCUT2D eigenvalue weighted by atomic mass is 10.4. The molecule has 2 heterocycles. The predicted molar refractivity (Wildman–Crippen MR) is 66.0 cm³/mol. The molecule has 0 aliphatic carbocycles. The summed E-state index contributed by atoms with van der Waals surface area (Å²) in [5.41, 5.74) is 3.13. The highest BCUT2D eigenvalue weighted by Crippen LogP contribution is 2.00. The molecule has 0 spiro atoms. The number of amides is 1. The fraction of sp³-hybridized carbons (Fsp3) is 0.111. The van der Waals surface area contributed by atoms with Crippen LogP contribution in [-0.2, 0) is 6.54 Å². The number of nitrogen functional groups attached to an aromatic ring is 1. The van der Waals surface area contributed by atoms with Crippen LogP contribution in [0.15, 0.2) is 22.6 Å². The standard InChI is InChI=1S/C9H10N6O2S/c10-15-7-3-11-6(2-12-7)8(16)13-1-5-4-18-9(17)14-5/h2-4H,1,10H2,(H,12,15)(H,13,16)(H,14,17). The highest BCUT2D eigenvalue weighted by Gasteiger charge is 2.08. The second-order valence-corrected chi connectivity index (χ2v) is 4.13. The van der Waals surface area contributed by atoms with Crippen LogP contribution in [0.5, 0.6) is 0 Å². The van der Waals surface area contributed by atoms with E-state index < -0.39 is 0 Å². The average Bonchev–Trinajstić information content (AvgIpc) is 2.82. The Labute approximate surface area is 105 Å². The van der Waals surface area contributed by atoms with Crippen LogP contribution in [0.1, 0.15) is 16.2 Å². The molecule has 9 heteroatoms. The lowest BCUT2D eigenvalue weighted by molar-refractivity contribution is 0.0945. The molecule has 0 saturated heterocycles. The van der Waals surface area contributed by atoms with Crippen LogP contribution < -0.4 is 21.5 Å². The van der Waals surface area contributed by atoms with E-state index in [1.807, 2.05) is 0 Å². The maximum atomic E-state index is 11.7. The van der Waals surface area contributed by atoms with E-state index in [1.165, 1.54) is 12.4 Å². The summed E-state index contributed by atoms with van der Waals surface area (Å²) in [6.45, 7) is 0.232. The van der Waals surface area contributed by atoms with E-state index in [4.69, 9.17) is 5.84 Å². The third-order valence-corrected chi connectivity index (χ3v) is 2.76. The van der Waals surface area contributed by atoms with Crippen molar-refractivity contribution in [1.82, 2.24) is 20.3 Å². The smallest absolute Gasteiger partial charge is 0.304 e. The minimum Gasteiger partial charge on any atom is -0.345 e. The second kappa shape index (κ2) is 5.38. The summed E-state index contributed by atoms with van der Waals surface area (Å²) < 4.78 is 0. The van der Waals surface area contributed by atoms with Crippen molar-refractivity contribution in [1.29, 1.82) is 0 Å². The van der Waals surface area contributed by atoms with Crippen molar-refractivity contribution in [3.63, 3.8) is 0 Å². The van der Waals surface area contributed by atoms with E-state index in [0.717, 1.165) is 11.3 Å². The molecule has 2 aromatic heterocycles. The minimum absolute atomic E-state index is 0.155. The fourth-order valence-corrected chi connectivity index (χ4v) is 1.77. The van der Waals surface area contributed by atoms with Crippen LogP contribution in [0.2, 0.25) is 0 Å². The first kappa shape index (κ1) is 12.2. The largest absolute Gasteiger partial charge is 0.345 e. The van der Waals surface area contributed by atoms with Gasteiger partial charge in [-0.05, 0) is 0 Å². The van der Waals surface area contributed by atoms with Crippen molar-refractivity contribution in [3.05, 3.63) is 38.8 Å². The molecule has 1 amide bonds. The van der Waals surface area contributed by atoms with Crippen molar-refractivity contribution in [2.45, 2.75) is 6.54 Å². The van der Waals surface area contributed by atoms with Gasteiger partial charge in [-0.2, -0.15) is 0 Å². The van der Waals surface area contributed by atoms with Gasteiger partial charge in [0.2, 0.25) is 0 Å². The Kier molecular flexibility index (Phi) is 3.65. The molecule has 0 unspecified atom stereocenters. The third-order valence-electron chi connectivity index (χ3n) is 2.04. The van der Waals surface area contributed by atoms with E-state index in [1.54, 1.807) is 5.38 Å². The zero-order valence-electron chi connectivity index (χ0n) is 9.14. The summed E-state index contributed by atoms with van der Waals surface area (Å²) in [6, 6.07) is 0. The zero-order valence-corrected chi connectivity index (χ0v) is 9.95. The average molecular weight is 266 g/mol. The molecule has 18 heavy (non-hydrogen) atoms. The summed E-state index contributed by atoms with van der Waals surface area (Å²) in [7, 11) is 0. The molecule has 5 N–H and O–H groups in total. The first-order valence-corrected chi connectivity index (χ1v) is 5.80. The number of H-pyrrole nitrogens is 1. The maximum absolute atomic E-state index is 11.7. The molecule has 2 rings (SSSR count). The molecule has 0 radical (unpaired) electrons. The van der Waals surface area contributed by atoms with E-state index in [2.05, 4.69) is 25.7 Å². The Bertz CT molecular complexity index is 590. The zero-order chi connectivity index (χ0) is 13.0. The summed E-state index contributed by atoms with van der Waals surface area (Å²) in [5.74, 6) is 5.12. The molecule has 0 bridgehead atoms. The first-order chi connectivity index (χ1) is 8.69. The highest BCUT2D eigenvalue weighted by atomic mass is 32.1. The number of nitrogens with one attached hydrogen (secondary N) is 3. The molecule has 0 aromatic carbocycles. The number of thiazole rings is 1. The van der Waals surface area contributed by atoms with Crippen LogP contribution in [0.25, 0.3) is 0 Å². The Morgan fingerprint density at radius 3 is 2.83 bits per heavy atom. The summed E-state index contributed by atoms with van der Waals surface area (Å²) in [6.07, 6.45) is 2.66. The van der Waals surface area contributed by atoms with Crippen LogP contribution in [0, 0.1) is 0 Å². The molecule has 94 valence electrons. The number of rotatable bonds is 4. The van der Waals surface area contributed by atoms with Crippen molar-refractivity contribution in [2.24, 2.45) is 5.84 Å². The molecule has 0 atom stereocenters. The fourth-order valence-electron chi connectivity index (χ4n) is 1.19. The van der Waals surface area contributed by atoms with Crippen LogP contribution in [0.3, 0.4) is 0 Å². The topological polar surface area (TPSA) is 126 Å². The van der Waals surface area contributed by atoms with Crippen LogP contribution in [0.4, 0.5) is 5.82 Å². The van der Waals surface area contributed by atoms with Gasteiger partial charge in [0.25, 0.3) is 5.91 Å². The Morgan fingerprint density at radius 2 is 2.28 bits per heavy atom. The monoisotopic (exact) mass is 266 g/mol. The Morgan fingerprint density at radius 1 is 1.44 bits per heavy atom. The molecule has 2 aromatic rings. The van der Waals surface area contributed by atoms with Gasteiger partial charge in [0.1, 0.15) is 5.69 Å². The van der Waals surface area contributed by atoms with Crippen LogP contribution >= 0.6 is 11.3 Å². The Hall–Kier alpha value is -2.26. The summed E-state index contributed by atoms with van der Waals surface area (Å²) >= 11 is 1.04. The number of hydrogen-bond acceptors (Lipinski definition) is 7. The number of hydrazine groups is 1. The minimum atomic E-state index is -0.377. The lowest BCUT2D eigenvalue weighted by Crippen LogP contribution is -2.24. The summed E-state index contributed by atoms with van der Waals surface area (Å²) in [4.78, 5) is 32.7. The van der Waals surface area contributed by atoms with Crippen molar-refractivity contribution in [3.8, 4) is 0 Å². The highest BCUT2D eigenvalue weighted by molar-refractivity contribution is 7.07. The quantitative estimate of drug-likeness (QED) is 0.434. The normalized spacial score (nSPS) is 10.1. The van der Waals surface area contributed by atoms with Gasteiger partial charge >= 0.3 is 4.87 Å². The van der Waals surface area contributed by atoms with Gasteiger partial charge in [-0.3, -0.25) is 9.59 Å². The predicted octanol–water partition coefficient (Wildman–Crippen LogP) is -0.558.